The van der Waals surface area contributed by atoms with E-state index in [-0.39, 0.29) is 0 Å². The number of rotatable bonds is 0. The Kier molecular flexibility index (Phi) is 48.8. The third-order valence-corrected chi connectivity index (χ3v) is 4.93. The van der Waals surface area contributed by atoms with Crippen molar-refractivity contribution < 1.29 is 0 Å². The minimum absolute atomic E-state index is 2.37. The van der Waals surface area contributed by atoms with E-state index in [0.717, 1.165) is 0 Å². The lowest BCUT2D eigenvalue weighted by molar-refractivity contribution is 2.10. The van der Waals surface area contributed by atoms with Crippen LogP contribution < -0.4 is 0 Å². The maximum absolute atomic E-state index is 3.32. The van der Waals surface area contributed by atoms with Crippen LogP contribution in [0.1, 0.15) is 0 Å². The largest absolute Gasteiger partial charge is 0.0687 e. The van der Waals surface area contributed by atoms with Gasteiger partial charge >= 0.3 is 0 Å². The topological polar surface area (TPSA) is 0 Å². The van der Waals surface area contributed by atoms with E-state index in [4.69, 9.17) is 0 Å². The fourth-order valence-electron chi connectivity index (χ4n) is 2.43. The highest BCUT2D eigenvalue weighted by atomic mass is 13.5. The van der Waals surface area contributed by atoms with Crippen LogP contribution in [-0.4, -0.2) is 0 Å². The van der Waals surface area contributed by atoms with Crippen LogP contribution in [0.5, 0.6) is 0 Å². The Labute approximate surface area is 463 Å². The SMILES string of the molecule is C=C=C=C=C=C=C=C=C=C=C=C=C=C=C=C=C=C=C=C=C=C=C=C=C=C=C=C=C=C=C=C=C=C=C=C=C=C=C=C=C=C=C=C=C=C=C=C=C=C=C=C=C=C=C=C=C=C=C=C=C=C=C=C=C=C=C=C=C=C=C=C=C=C=C=C=C=C=C=C=C. The molecule has 0 aromatic heterocycles. The van der Waals surface area contributed by atoms with Crippen LogP contribution in [0.15, 0.2) is 466 Å². The monoisotopic (exact) mass is 976 g/mol. The first-order valence-electron chi connectivity index (χ1n) is 20.2. The number of hydrogen-bond donors (Lipinski definition) is 0. The summed E-state index contributed by atoms with van der Waals surface area (Å²) in [6, 6.07) is 0. The molecule has 0 bridgehead atoms. The van der Waals surface area contributed by atoms with Gasteiger partial charge in [0.2, 0.25) is 0 Å². The fourth-order valence-corrected chi connectivity index (χ4v) is 2.43. The van der Waals surface area contributed by atoms with Gasteiger partial charge in [0, 0.05) is 350 Å². The Morgan fingerprint density at radius 3 is 0.136 bits per heavy atom. The summed E-state index contributed by atoms with van der Waals surface area (Å²) in [4.78, 5) is 0. The van der Waals surface area contributed by atoms with E-state index in [1.807, 2.05) is 0 Å². The molecule has 328 valence electrons. The Bertz CT molecular complexity index is 5810. The highest BCUT2D eigenvalue weighted by molar-refractivity contribution is 5.00. The summed E-state index contributed by atoms with van der Waals surface area (Å²) in [5.74, 6) is 0. The molecular weight excluding hydrogens is 973 g/mol. The van der Waals surface area contributed by atoms with Gasteiger partial charge in [0.15, 0.2) is 0 Å². The zero-order valence-electron chi connectivity index (χ0n) is 40.9. The van der Waals surface area contributed by atoms with Crippen molar-refractivity contribution in [1.29, 1.82) is 0 Å². The van der Waals surface area contributed by atoms with Gasteiger partial charge in [0.25, 0.3) is 0 Å². The standard InChI is InChI=1S/C81H4/c1-3-5-7-9-11-13-15-17-19-21-23-25-27-29-31-33-35-37-39-41-43-45-47-49-51-53-55-57-59-61-63-65-67-69-71-73-75-77-79-81-80-78-76-74-72-70-68-66-64-62-60-58-56-54-52-50-48-46-44-42-40-38-36-34-32-30-28-26-24-22-20-18-16-14-12-10-8-6-4-2/h1-2H2. The van der Waals surface area contributed by atoms with Crippen LogP contribution >= 0.6 is 0 Å². The van der Waals surface area contributed by atoms with Gasteiger partial charge in [-0.1, -0.05) is 11.5 Å². The molecule has 0 amide bonds. The molecule has 0 saturated heterocycles. The molecule has 0 rings (SSSR count). The quantitative estimate of drug-likeness (QED) is 0.212. The Morgan fingerprint density at radius 2 is 0.0988 bits per heavy atom. The van der Waals surface area contributed by atoms with Crippen molar-refractivity contribution in [3.05, 3.63) is 466 Å². The normalized spacial score (nSPS) is 3.95. The van der Waals surface area contributed by atoms with Gasteiger partial charge in [-0.05, 0) is 105 Å². The lowest BCUT2D eigenvalue weighted by atomic mass is 10.6. The first-order chi connectivity index (χ1) is 40.4. The van der Waals surface area contributed by atoms with E-state index >= 15 is 0 Å². The van der Waals surface area contributed by atoms with Crippen molar-refractivity contribution in [1.82, 2.24) is 0 Å². The molecule has 0 aromatic rings. The van der Waals surface area contributed by atoms with Gasteiger partial charge < -0.3 is 0 Å². The highest BCUT2D eigenvalue weighted by Crippen LogP contribution is 1.64. The fraction of sp³-hybridized carbons (Fsp3) is 0. The van der Waals surface area contributed by atoms with Gasteiger partial charge in [-0.2, -0.15) is 0 Å². The predicted molar refractivity (Wildman–Crippen MR) is 289 cm³/mol. The summed E-state index contributed by atoms with van der Waals surface area (Å²) >= 11 is 0. The predicted octanol–water partition coefficient (Wildman–Crippen LogP) is 13.1. The first-order valence-corrected chi connectivity index (χ1v) is 20.2. The van der Waals surface area contributed by atoms with Crippen molar-refractivity contribution in [3.63, 3.8) is 0 Å². The second-order valence-corrected chi connectivity index (χ2v) is 9.98. The van der Waals surface area contributed by atoms with Crippen LogP contribution in [0.25, 0.3) is 0 Å². The molecule has 0 fully saturated rings. The van der Waals surface area contributed by atoms with E-state index < -0.39 is 0 Å². The molecule has 0 atom stereocenters. The zero-order valence-corrected chi connectivity index (χ0v) is 40.9. The summed E-state index contributed by atoms with van der Waals surface area (Å²) in [6.45, 7) is 6.63. The Morgan fingerprint density at radius 1 is 0.0617 bits per heavy atom. The third-order valence-electron chi connectivity index (χ3n) is 4.93. The number of hydrogen-bond acceptors (Lipinski definition) is 0. The van der Waals surface area contributed by atoms with Gasteiger partial charge in [-0.15, -0.1) is 0 Å². The molecule has 0 radical (unpaired) electrons. The van der Waals surface area contributed by atoms with Crippen molar-refractivity contribution in [3.8, 4) is 0 Å². The second-order valence-electron chi connectivity index (χ2n) is 9.98. The maximum Gasteiger partial charge on any atom is 0 e. The lowest BCUT2D eigenvalue weighted by Gasteiger charge is -1.41. The van der Waals surface area contributed by atoms with E-state index in [1.54, 1.807) is 0 Å². The van der Waals surface area contributed by atoms with E-state index in [0.29, 0.717) is 0 Å². The maximum atomic E-state index is 3.32. The molecule has 0 aromatic carbocycles. The molecule has 0 spiro atoms. The van der Waals surface area contributed by atoms with Gasteiger partial charge in [-0.3, -0.25) is 0 Å². The molecule has 0 aliphatic rings. The van der Waals surface area contributed by atoms with Gasteiger partial charge in [-0.25, -0.2) is 0 Å². The molecular formula is C81H4. The zero-order chi connectivity index (χ0) is 57.9. The molecule has 0 heterocycles. The van der Waals surface area contributed by atoms with Crippen molar-refractivity contribution >= 4 is 0 Å². The molecule has 81 heavy (non-hydrogen) atoms. The average molecular weight is 977 g/mol. The van der Waals surface area contributed by atoms with Gasteiger partial charge in [0.05, 0.1) is 0 Å². The smallest absolute Gasteiger partial charge is 0 e. The van der Waals surface area contributed by atoms with Crippen LogP contribution in [0.3, 0.4) is 0 Å². The van der Waals surface area contributed by atoms with E-state index in [9.17, 15) is 0 Å². The van der Waals surface area contributed by atoms with Gasteiger partial charge in [0.1, 0.15) is 0 Å². The van der Waals surface area contributed by atoms with Crippen molar-refractivity contribution in [2.45, 2.75) is 0 Å². The van der Waals surface area contributed by atoms with Crippen LogP contribution in [0, 0.1) is 0 Å². The third kappa shape index (κ3) is 62.4. The molecule has 0 aliphatic heterocycles. The summed E-state index contributed by atoms with van der Waals surface area (Å²) in [5, 5.41) is 0. The second kappa shape index (κ2) is 62.4. The van der Waals surface area contributed by atoms with E-state index in [1.165, 1.54) is 0 Å². The molecule has 0 N–H and O–H groups in total. The molecule has 0 nitrogen and oxygen atoms in total. The molecule has 0 heteroatoms. The van der Waals surface area contributed by atoms with Crippen molar-refractivity contribution in [2.75, 3.05) is 0 Å². The Hall–Kier alpha value is -17.6. The summed E-state index contributed by atoms with van der Waals surface area (Å²) in [6.07, 6.45) is 0. The summed E-state index contributed by atoms with van der Waals surface area (Å²) in [5.41, 5.74) is 197. The minimum Gasteiger partial charge on any atom is -0.0687 e. The molecule has 0 saturated carbocycles. The molecule has 0 aliphatic carbocycles. The first kappa shape index (κ1) is 63.4. The van der Waals surface area contributed by atoms with E-state index in [2.05, 4.69) is 466 Å². The average Bonchev–Trinajstić information content (AvgIpc) is 3.48. The van der Waals surface area contributed by atoms with Crippen molar-refractivity contribution in [2.24, 2.45) is 0 Å². The Balaban J connectivity index is 6.16. The molecule has 0 unspecified atom stereocenters. The lowest BCUT2D eigenvalue weighted by Crippen LogP contribution is -1.26. The minimum atomic E-state index is 2.37. The summed E-state index contributed by atoms with van der Waals surface area (Å²) in [7, 11) is 0. The van der Waals surface area contributed by atoms with Crippen LogP contribution in [-0.2, 0) is 0 Å². The highest BCUT2D eigenvalue weighted by Gasteiger charge is 1.49. The summed E-state index contributed by atoms with van der Waals surface area (Å²) < 4.78 is 0. The van der Waals surface area contributed by atoms with Crippen LogP contribution in [0.4, 0.5) is 0 Å². The van der Waals surface area contributed by atoms with Crippen LogP contribution in [0.2, 0.25) is 0 Å².